The fourth-order valence-corrected chi connectivity index (χ4v) is 3.86. The average Bonchev–Trinajstić information content (AvgIpc) is 3.33. The maximum atomic E-state index is 5.95. The van der Waals surface area contributed by atoms with Crippen LogP contribution in [0.25, 0.3) is 0 Å². The van der Waals surface area contributed by atoms with Gasteiger partial charge >= 0.3 is 0 Å². The Morgan fingerprint density at radius 3 is 2.74 bits per heavy atom. The van der Waals surface area contributed by atoms with Crippen LogP contribution in [-0.4, -0.2) is 31.3 Å². The minimum Gasteiger partial charge on any atom is -0.368 e. The number of aromatic nitrogens is 5. The standard InChI is InChI=1S/C16H21N7/c17-16-18-12-4-2-1-3-11(12)15(19-16)22-7-8-23-13(9-22)20-21-14(23)10-5-6-10/h10H,1-9H2,(H2,17,18,19). The normalized spacial score (nSPS) is 20.3. The van der Waals surface area contributed by atoms with Crippen molar-refractivity contribution in [1.82, 2.24) is 24.7 Å². The maximum Gasteiger partial charge on any atom is 0.222 e. The highest BCUT2D eigenvalue weighted by Gasteiger charge is 2.33. The van der Waals surface area contributed by atoms with Crippen LogP contribution >= 0.6 is 0 Å². The molecule has 2 aliphatic carbocycles. The highest BCUT2D eigenvalue weighted by atomic mass is 15.4. The first-order chi connectivity index (χ1) is 11.3. The van der Waals surface area contributed by atoms with Crippen molar-refractivity contribution >= 4 is 11.8 Å². The van der Waals surface area contributed by atoms with E-state index in [1.54, 1.807) is 0 Å². The number of nitrogens with two attached hydrogens (primary N) is 1. The van der Waals surface area contributed by atoms with Crippen LogP contribution in [0.15, 0.2) is 0 Å². The second-order valence-electron chi connectivity index (χ2n) is 6.86. The molecule has 0 spiro atoms. The van der Waals surface area contributed by atoms with Gasteiger partial charge in [0.15, 0.2) is 5.82 Å². The van der Waals surface area contributed by atoms with E-state index >= 15 is 0 Å². The van der Waals surface area contributed by atoms with Crippen LogP contribution < -0.4 is 10.6 Å². The molecule has 0 radical (unpaired) electrons. The minimum atomic E-state index is 0.395. The van der Waals surface area contributed by atoms with E-state index in [0.29, 0.717) is 11.9 Å². The molecule has 1 fully saturated rings. The number of aryl methyl sites for hydroxylation is 1. The van der Waals surface area contributed by atoms with Gasteiger partial charge in [0.25, 0.3) is 0 Å². The molecule has 2 aromatic heterocycles. The van der Waals surface area contributed by atoms with Crippen molar-refractivity contribution in [1.29, 1.82) is 0 Å². The largest absolute Gasteiger partial charge is 0.368 e. The van der Waals surface area contributed by atoms with Gasteiger partial charge in [-0.3, -0.25) is 0 Å². The second kappa shape index (κ2) is 4.91. The van der Waals surface area contributed by atoms with E-state index < -0.39 is 0 Å². The van der Waals surface area contributed by atoms with Crippen LogP contribution in [0.1, 0.15) is 54.5 Å². The summed E-state index contributed by atoms with van der Waals surface area (Å²) in [6.07, 6.45) is 7.01. The molecule has 2 aromatic rings. The Kier molecular flexibility index (Phi) is 2.83. The molecule has 1 aliphatic heterocycles. The van der Waals surface area contributed by atoms with Crippen molar-refractivity contribution < 1.29 is 0 Å². The molecule has 3 heterocycles. The van der Waals surface area contributed by atoms with Crippen molar-refractivity contribution in [2.75, 3.05) is 17.2 Å². The fraction of sp³-hybridized carbons (Fsp3) is 0.625. The molecule has 7 nitrogen and oxygen atoms in total. The molecule has 0 aromatic carbocycles. The lowest BCUT2D eigenvalue weighted by Crippen LogP contribution is -2.36. The quantitative estimate of drug-likeness (QED) is 0.903. The van der Waals surface area contributed by atoms with E-state index in [1.165, 1.54) is 37.1 Å². The molecule has 120 valence electrons. The van der Waals surface area contributed by atoms with Crippen LogP contribution in [0.3, 0.4) is 0 Å². The van der Waals surface area contributed by atoms with Crippen LogP contribution in [0.2, 0.25) is 0 Å². The van der Waals surface area contributed by atoms with Crippen molar-refractivity contribution in [3.63, 3.8) is 0 Å². The number of anilines is 2. The summed E-state index contributed by atoms with van der Waals surface area (Å²) in [6.45, 7) is 2.64. The van der Waals surface area contributed by atoms with Gasteiger partial charge in [0.1, 0.15) is 11.6 Å². The zero-order chi connectivity index (χ0) is 15.4. The minimum absolute atomic E-state index is 0.395. The summed E-state index contributed by atoms with van der Waals surface area (Å²) in [7, 11) is 0. The molecule has 7 heteroatoms. The SMILES string of the molecule is Nc1nc2c(c(N3CCn4c(nnc4C4CC4)C3)n1)CCCC2. The first kappa shape index (κ1) is 13.3. The van der Waals surface area contributed by atoms with Crippen molar-refractivity contribution in [2.45, 2.75) is 57.5 Å². The first-order valence-corrected chi connectivity index (χ1v) is 8.62. The lowest BCUT2D eigenvalue weighted by Gasteiger charge is -2.31. The summed E-state index contributed by atoms with van der Waals surface area (Å²) >= 11 is 0. The van der Waals surface area contributed by atoms with Gasteiger partial charge in [0.05, 0.1) is 12.2 Å². The molecule has 0 atom stereocenters. The van der Waals surface area contributed by atoms with Gasteiger partial charge in [0, 0.05) is 24.6 Å². The summed E-state index contributed by atoms with van der Waals surface area (Å²) in [5.41, 5.74) is 8.39. The average molecular weight is 311 g/mol. The Morgan fingerprint density at radius 1 is 1.00 bits per heavy atom. The van der Waals surface area contributed by atoms with E-state index in [0.717, 1.165) is 49.8 Å². The van der Waals surface area contributed by atoms with Gasteiger partial charge < -0.3 is 15.2 Å². The topological polar surface area (TPSA) is 85.8 Å². The third-order valence-electron chi connectivity index (χ3n) is 5.20. The lowest BCUT2D eigenvalue weighted by atomic mass is 9.96. The predicted octanol–water partition coefficient (Wildman–Crippen LogP) is 1.43. The van der Waals surface area contributed by atoms with Crippen LogP contribution in [0, 0.1) is 0 Å². The molecular weight excluding hydrogens is 290 g/mol. The van der Waals surface area contributed by atoms with Gasteiger partial charge in [-0.2, -0.15) is 4.98 Å². The second-order valence-corrected chi connectivity index (χ2v) is 6.86. The van der Waals surface area contributed by atoms with Crippen LogP contribution in [0.4, 0.5) is 11.8 Å². The maximum absolute atomic E-state index is 5.95. The molecule has 0 amide bonds. The monoisotopic (exact) mass is 311 g/mol. The highest BCUT2D eigenvalue weighted by molar-refractivity contribution is 5.53. The molecule has 3 aliphatic rings. The van der Waals surface area contributed by atoms with Gasteiger partial charge in [-0.05, 0) is 38.5 Å². The Bertz CT molecular complexity index is 762. The van der Waals surface area contributed by atoms with E-state index in [-0.39, 0.29) is 0 Å². The molecule has 23 heavy (non-hydrogen) atoms. The molecule has 5 rings (SSSR count). The molecular formula is C16H21N7. The van der Waals surface area contributed by atoms with Gasteiger partial charge in [-0.15, -0.1) is 10.2 Å². The fourth-order valence-electron chi connectivity index (χ4n) is 3.86. The lowest BCUT2D eigenvalue weighted by molar-refractivity contribution is 0.536. The van der Waals surface area contributed by atoms with Crippen LogP contribution in [0.5, 0.6) is 0 Å². The Labute approximate surface area is 134 Å². The van der Waals surface area contributed by atoms with Crippen molar-refractivity contribution in [2.24, 2.45) is 0 Å². The summed E-state index contributed by atoms with van der Waals surface area (Å²) < 4.78 is 2.31. The Hall–Kier alpha value is -2.18. The van der Waals surface area contributed by atoms with Crippen LogP contribution in [-0.2, 0) is 25.9 Å². The van der Waals surface area contributed by atoms with E-state index in [9.17, 15) is 0 Å². The summed E-state index contributed by atoms with van der Waals surface area (Å²) in [5.74, 6) is 4.30. The Morgan fingerprint density at radius 2 is 1.87 bits per heavy atom. The zero-order valence-electron chi connectivity index (χ0n) is 13.2. The molecule has 1 saturated carbocycles. The number of nitrogen functional groups attached to an aromatic ring is 1. The number of fused-ring (bicyclic) bond motifs is 2. The number of hydrogen-bond acceptors (Lipinski definition) is 6. The third kappa shape index (κ3) is 2.17. The van der Waals surface area contributed by atoms with Crippen molar-refractivity contribution in [3.8, 4) is 0 Å². The Balaban J connectivity index is 1.50. The van der Waals surface area contributed by atoms with Crippen molar-refractivity contribution in [3.05, 3.63) is 22.9 Å². The molecule has 0 bridgehead atoms. The van der Waals surface area contributed by atoms with Gasteiger partial charge in [-0.25, -0.2) is 4.98 Å². The van der Waals surface area contributed by atoms with E-state index in [1.807, 2.05) is 0 Å². The zero-order valence-corrected chi connectivity index (χ0v) is 13.2. The molecule has 2 N–H and O–H groups in total. The van der Waals surface area contributed by atoms with Gasteiger partial charge in [0.2, 0.25) is 5.95 Å². The highest BCUT2D eigenvalue weighted by Crippen LogP contribution is 2.40. The number of nitrogens with zero attached hydrogens (tertiary/aromatic N) is 6. The predicted molar refractivity (Wildman–Crippen MR) is 86.1 cm³/mol. The summed E-state index contributed by atoms with van der Waals surface area (Å²) in [6, 6.07) is 0. The summed E-state index contributed by atoms with van der Waals surface area (Å²) in [4.78, 5) is 11.3. The molecule has 0 saturated heterocycles. The molecule has 0 unspecified atom stereocenters. The third-order valence-corrected chi connectivity index (χ3v) is 5.20. The summed E-state index contributed by atoms with van der Waals surface area (Å²) in [5, 5.41) is 8.85. The van der Waals surface area contributed by atoms with E-state index in [4.69, 9.17) is 5.73 Å². The van der Waals surface area contributed by atoms with E-state index in [2.05, 4.69) is 29.6 Å². The number of rotatable bonds is 2. The first-order valence-electron chi connectivity index (χ1n) is 8.62. The number of hydrogen-bond donors (Lipinski definition) is 1. The van der Waals surface area contributed by atoms with Gasteiger partial charge in [-0.1, -0.05) is 0 Å². The smallest absolute Gasteiger partial charge is 0.222 e.